The molecular formula is C24H18N4O2S2. The molecule has 0 bridgehead atoms. The van der Waals surface area contributed by atoms with Crippen LogP contribution in [0, 0.1) is 0 Å². The van der Waals surface area contributed by atoms with Crippen molar-refractivity contribution in [2.75, 3.05) is 10.6 Å². The molecule has 2 N–H and O–H groups in total. The zero-order chi connectivity index (χ0) is 21.9. The minimum atomic E-state index is -0.0985. The molecule has 0 aliphatic heterocycles. The monoisotopic (exact) mass is 458 g/mol. The highest BCUT2D eigenvalue weighted by Crippen LogP contribution is 2.34. The van der Waals surface area contributed by atoms with E-state index in [0.717, 1.165) is 31.6 Å². The lowest BCUT2D eigenvalue weighted by Crippen LogP contribution is -2.14. The van der Waals surface area contributed by atoms with Crippen molar-refractivity contribution >= 4 is 65.2 Å². The summed E-state index contributed by atoms with van der Waals surface area (Å²) in [6.45, 7) is 0. The van der Waals surface area contributed by atoms with E-state index < -0.39 is 0 Å². The molecule has 0 fully saturated rings. The maximum absolute atomic E-state index is 12.3. The Hall–Kier alpha value is -3.62. The predicted octanol–water partition coefficient (Wildman–Crippen LogP) is 5.27. The van der Waals surface area contributed by atoms with Gasteiger partial charge in [-0.05, 0) is 23.3 Å². The highest BCUT2D eigenvalue weighted by molar-refractivity contribution is 7.23. The van der Waals surface area contributed by atoms with E-state index in [2.05, 4.69) is 20.6 Å². The summed E-state index contributed by atoms with van der Waals surface area (Å²) in [7, 11) is 0. The second kappa shape index (κ2) is 8.86. The van der Waals surface area contributed by atoms with E-state index in [-0.39, 0.29) is 11.8 Å². The Balaban J connectivity index is 1.29. The molecule has 158 valence electrons. The maximum Gasteiger partial charge on any atom is 0.230 e. The number of hydrogen-bond donors (Lipinski definition) is 2. The Labute approximate surface area is 192 Å². The second-order valence-corrected chi connectivity index (χ2v) is 9.31. The number of hydrogen-bond acceptors (Lipinski definition) is 6. The molecule has 6 nitrogen and oxygen atoms in total. The summed E-state index contributed by atoms with van der Waals surface area (Å²) in [4.78, 5) is 33.7. The van der Waals surface area contributed by atoms with Gasteiger partial charge in [-0.3, -0.25) is 9.59 Å². The van der Waals surface area contributed by atoms with Gasteiger partial charge in [-0.15, -0.1) is 0 Å². The lowest BCUT2D eigenvalue weighted by Gasteiger charge is -2.01. The van der Waals surface area contributed by atoms with Crippen LogP contribution in [-0.4, -0.2) is 21.8 Å². The molecule has 0 aliphatic carbocycles. The Morgan fingerprint density at radius 1 is 0.656 bits per heavy atom. The predicted molar refractivity (Wildman–Crippen MR) is 130 cm³/mol. The third-order valence-electron chi connectivity index (χ3n) is 4.81. The molecule has 0 radical (unpaired) electrons. The van der Waals surface area contributed by atoms with Crippen molar-refractivity contribution in [2.24, 2.45) is 0 Å². The van der Waals surface area contributed by atoms with Crippen molar-refractivity contribution < 1.29 is 9.59 Å². The van der Waals surface area contributed by atoms with Crippen molar-refractivity contribution in [3.05, 3.63) is 83.9 Å². The van der Waals surface area contributed by atoms with Gasteiger partial charge in [0.1, 0.15) is 0 Å². The van der Waals surface area contributed by atoms with Crippen molar-refractivity contribution in [3.8, 4) is 0 Å². The van der Waals surface area contributed by atoms with Crippen LogP contribution < -0.4 is 10.6 Å². The molecule has 8 heteroatoms. The average molecular weight is 459 g/mol. The lowest BCUT2D eigenvalue weighted by atomic mass is 10.1. The van der Waals surface area contributed by atoms with Crippen LogP contribution >= 0.6 is 22.7 Å². The SMILES string of the molecule is O=C(Cc1ccccc1)Nc1nc2cc3sc(NC(=O)Cc4ccccc4)nc3cc2s1. The Morgan fingerprint density at radius 3 is 1.47 bits per heavy atom. The number of thiazole rings is 2. The molecule has 2 heterocycles. The molecule has 0 unspecified atom stereocenters. The van der Waals surface area contributed by atoms with Crippen LogP contribution in [0.4, 0.5) is 10.3 Å². The molecule has 5 aromatic rings. The Kier molecular flexibility index (Phi) is 5.62. The minimum Gasteiger partial charge on any atom is -0.302 e. The van der Waals surface area contributed by atoms with Crippen LogP contribution in [0.2, 0.25) is 0 Å². The van der Waals surface area contributed by atoms with Gasteiger partial charge in [0, 0.05) is 0 Å². The van der Waals surface area contributed by atoms with Crippen LogP contribution in [0.15, 0.2) is 72.8 Å². The number of nitrogens with one attached hydrogen (secondary N) is 2. The number of fused-ring (bicyclic) bond motifs is 2. The van der Waals surface area contributed by atoms with Gasteiger partial charge in [0.05, 0.1) is 33.3 Å². The summed E-state index contributed by atoms with van der Waals surface area (Å²) >= 11 is 2.82. The molecule has 2 aromatic heterocycles. The first-order valence-corrected chi connectivity index (χ1v) is 11.6. The molecule has 32 heavy (non-hydrogen) atoms. The number of carbonyl (C=O) groups excluding carboxylic acids is 2. The number of carbonyl (C=O) groups is 2. The Morgan fingerprint density at radius 2 is 1.06 bits per heavy atom. The Bertz CT molecular complexity index is 1260. The average Bonchev–Trinajstić information content (AvgIpc) is 3.34. The minimum absolute atomic E-state index is 0.0985. The van der Waals surface area contributed by atoms with E-state index in [1.54, 1.807) is 0 Å². The highest BCUT2D eigenvalue weighted by atomic mass is 32.1. The van der Waals surface area contributed by atoms with Crippen molar-refractivity contribution in [2.45, 2.75) is 12.8 Å². The molecular weight excluding hydrogens is 440 g/mol. The standard InChI is InChI=1S/C24H18N4O2S2/c29-21(11-15-7-3-1-4-8-15)27-23-25-17-13-20-18(14-19(17)31-23)26-24(32-20)28-22(30)12-16-9-5-2-6-10-16/h1-10,13-14H,11-12H2,(H,25,27,29)(H,26,28,30). The van der Waals surface area contributed by atoms with E-state index in [9.17, 15) is 9.59 Å². The van der Waals surface area contributed by atoms with Crippen LogP contribution in [0.25, 0.3) is 20.4 Å². The fraction of sp³-hybridized carbons (Fsp3) is 0.0833. The lowest BCUT2D eigenvalue weighted by molar-refractivity contribution is -0.116. The number of amides is 2. The first-order valence-electron chi connectivity index (χ1n) is 10.0. The van der Waals surface area contributed by atoms with Gasteiger partial charge in [-0.25, -0.2) is 9.97 Å². The van der Waals surface area contributed by atoms with Crippen LogP contribution in [0.3, 0.4) is 0 Å². The van der Waals surface area contributed by atoms with Gasteiger partial charge in [-0.1, -0.05) is 83.3 Å². The van der Waals surface area contributed by atoms with Gasteiger partial charge >= 0.3 is 0 Å². The van der Waals surface area contributed by atoms with E-state index >= 15 is 0 Å². The van der Waals surface area contributed by atoms with Gasteiger partial charge in [-0.2, -0.15) is 0 Å². The molecule has 0 aliphatic rings. The summed E-state index contributed by atoms with van der Waals surface area (Å²) in [5, 5.41) is 6.89. The fourth-order valence-electron chi connectivity index (χ4n) is 3.35. The zero-order valence-electron chi connectivity index (χ0n) is 16.9. The quantitative estimate of drug-likeness (QED) is 0.363. The van der Waals surface area contributed by atoms with E-state index in [4.69, 9.17) is 0 Å². The van der Waals surface area contributed by atoms with Crippen LogP contribution in [0.5, 0.6) is 0 Å². The summed E-state index contributed by atoms with van der Waals surface area (Å²) in [6.07, 6.45) is 0.610. The highest BCUT2D eigenvalue weighted by Gasteiger charge is 2.13. The number of anilines is 2. The second-order valence-electron chi connectivity index (χ2n) is 7.25. The molecule has 0 spiro atoms. The summed E-state index contributed by atoms with van der Waals surface area (Å²) in [5.74, 6) is -0.197. The summed E-state index contributed by atoms with van der Waals surface area (Å²) in [5.41, 5.74) is 3.50. The number of aromatic nitrogens is 2. The van der Waals surface area contributed by atoms with E-state index in [1.807, 2.05) is 72.8 Å². The summed E-state index contributed by atoms with van der Waals surface area (Å²) < 4.78 is 1.86. The molecule has 0 atom stereocenters. The first kappa shape index (κ1) is 20.3. The van der Waals surface area contributed by atoms with Gasteiger partial charge in [0.25, 0.3) is 0 Å². The largest absolute Gasteiger partial charge is 0.302 e. The molecule has 0 saturated heterocycles. The van der Waals surface area contributed by atoms with Crippen LogP contribution in [0.1, 0.15) is 11.1 Å². The smallest absolute Gasteiger partial charge is 0.230 e. The first-order chi connectivity index (χ1) is 15.6. The van der Waals surface area contributed by atoms with Crippen molar-refractivity contribution in [1.82, 2.24) is 9.97 Å². The van der Waals surface area contributed by atoms with E-state index in [0.29, 0.717) is 23.1 Å². The molecule has 2 amide bonds. The maximum atomic E-state index is 12.3. The number of rotatable bonds is 6. The number of nitrogens with zero attached hydrogens (tertiary/aromatic N) is 2. The number of benzene rings is 3. The van der Waals surface area contributed by atoms with Crippen molar-refractivity contribution in [3.63, 3.8) is 0 Å². The van der Waals surface area contributed by atoms with Gasteiger partial charge in [0.2, 0.25) is 11.8 Å². The molecule has 0 saturated carbocycles. The van der Waals surface area contributed by atoms with E-state index in [1.165, 1.54) is 22.7 Å². The van der Waals surface area contributed by atoms with Crippen LogP contribution in [-0.2, 0) is 22.4 Å². The zero-order valence-corrected chi connectivity index (χ0v) is 18.5. The third-order valence-corrected chi connectivity index (χ3v) is 6.67. The third kappa shape index (κ3) is 4.66. The molecule has 3 aromatic carbocycles. The summed E-state index contributed by atoms with van der Waals surface area (Å²) in [6, 6.07) is 23.1. The normalized spacial score (nSPS) is 11.0. The van der Waals surface area contributed by atoms with Crippen molar-refractivity contribution in [1.29, 1.82) is 0 Å². The topological polar surface area (TPSA) is 84.0 Å². The molecule has 5 rings (SSSR count). The fourth-order valence-corrected chi connectivity index (χ4v) is 5.14. The van der Waals surface area contributed by atoms with Gasteiger partial charge < -0.3 is 10.6 Å². The van der Waals surface area contributed by atoms with Gasteiger partial charge in [0.15, 0.2) is 10.3 Å².